The molecule has 0 spiro atoms. The van der Waals surface area contributed by atoms with Crippen molar-refractivity contribution < 1.29 is 19.1 Å². The van der Waals surface area contributed by atoms with E-state index in [-0.39, 0.29) is 11.8 Å². The zero-order valence-electron chi connectivity index (χ0n) is 17.7. The Hall–Kier alpha value is -3.48. The summed E-state index contributed by atoms with van der Waals surface area (Å²) in [7, 11) is 5.05. The highest BCUT2D eigenvalue weighted by Gasteiger charge is 2.19. The second-order valence-corrected chi connectivity index (χ2v) is 7.10. The summed E-state index contributed by atoms with van der Waals surface area (Å²) in [6.07, 6.45) is 0.696. The van der Waals surface area contributed by atoms with Gasteiger partial charge in [-0.05, 0) is 55.3 Å². The Morgan fingerprint density at radius 1 is 1.00 bits per heavy atom. The summed E-state index contributed by atoms with van der Waals surface area (Å²) in [5.41, 5.74) is 2.49. The summed E-state index contributed by atoms with van der Waals surface area (Å²) in [4.78, 5) is 25.1. The van der Waals surface area contributed by atoms with E-state index < -0.39 is 6.04 Å². The molecule has 0 saturated carbocycles. The molecule has 2 aromatic carbocycles. The number of methoxy groups -OCH3 is 2. The third-order valence-corrected chi connectivity index (χ3v) is 5.10. The number of hydrogen-bond donors (Lipinski definition) is 2. The van der Waals surface area contributed by atoms with E-state index in [4.69, 9.17) is 9.47 Å². The van der Waals surface area contributed by atoms with E-state index in [1.807, 2.05) is 49.5 Å². The van der Waals surface area contributed by atoms with Crippen LogP contribution in [0.4, 0.5) is 0 Å². The van der Waals surface area contributed by atoms with Crippen molar-refractivity contribution in [1.82, 2.24) is 15.2 Å². The van der Waals surface area contributed by atoms with Gasteiger partial charge >= 0.3 is 0 Å². The molecule has 0 aliphatic heterocycles. The van der Waals surface area contributed by atoms with Gasteiger partial charge in [-0.2, -0.15) is 0 Å². The third kappa shape index (κ3) is 4.74. The topological polar surface area (TPSA) is 81.6 Å². The highest BCUT2D eigenvalue weighted by atomic mass is 16.5. The number of carbonyl (C=O) groups excluding carboxylic acids is 2. The van der Waals surface area contributed by atoms with E-state index in [0.717, 1.165) is 28.0 Å². The lowest BCUT2D eigenvalue weighted by atomic mass is 10.1. The fourth-order valence-electron chi connectivity index (χ4n) is 3.28. The summed E-state index contributed by atoms with van der Waals surface area (Å²) in [5, 5.41) is 6.54. The van der Waals surface area contributed by atoms with Gasteiger partial charge < -0.3 is 24.7 Å². The van der Waals surface area contributed by atoms with Crippen LogP contribution >= 0.6 is 0 Å². The number of nitrogens with one attached hydrogen (secondary N) is 2. The average Bonchev–Trinajstić information content (AvgIpc) is 3.09. The molecule has 1 aromatic heterocycles. The molecule has 30 heavy (non-hydrogen) atoms. The highest BCUT2D eigenvalue weighted by Crippen LogP contribution is 2.23. The summed E-state index contributed by atoms with van der Waals surface area (Å²) < 4.78 is 12.2. The second-order valence-electron chi connectivity index (χ2n) is 7.10. The van der Waals surface area contributed by atoms with Gasteiger partial charge in [-0.25, -0.2) is 0 Å². The van der Waals surface area contributed by atoms with E-state index in [0.29, 0.717) is 18.7 Å². The van der Waals surface area contributed by atoms with Crippen molar-refractivity contribution >= 4 is 22.7 Å². The van der Waals surface area contributed by atoms with E-state index in [1.165, 1.54) is 0 Å². The fourth-order valence-corrected chi connectivity index (χ4v) is 3.28. The molecule has 1 unspecified atom stereocenters. The van der Waals surface area contributed by atoms with Crippen molar-refractivity contribution in [3.63, 3.8) is 0 Å². The molecule has 0 aliphatic carbocycles. The molecule has 0 fully saturated rings. The molecular weight excluding hydrogens is 382 g/mol. The number of aromatic nitrogens is 1. The highest BCUT2D eigenvalue weighted by molar-refractivity contribution is 6.00. The standard InChI is InChI=1S/C23H27N3O4/c1-15(22(27)24-12-11-16-5-7-18(29-3)8-6-16)25-23(28)21-14-17-13-19(30-4)9-10-20(17)26(21)2/h5-10,13-15H,11-12H2,1-4H3,(H,24,27)(H,25,28). The molecule has 1 heterocycles. The lowest BCUT2D eigenvalue weighted by Crippen LogP contribution is -2.45. The summed E-state index contributed by atoms with van der Waals surface area (Å²) >= 11 is 0. The minimum absolute atomic E-state index is 0.225. The maximum absolute atomic E-state index is 12.7. The van der Waals surface area contributed by atoms with E-state index in [1.54, 1.807) is 31.8 Å². The number of fused-ring (bicyclic) bond motifs is 1. The molecule has 2 amide bonds. The molecule has 3 aromatic rings. The van der Waals surface area contributed by atoms with Crippen LogP contribution in [0.15, 0.2) is 48.5 Å². The van der Waals surface area contributed by atoms with Gasteiger partial charge in [-0.3, -0.25) is 9.59 Å². The number of ether oxygens (including phenoxy) is 2. The Bertz CT molecular complexity index is 1040. The van der Waals surface area contributed by atoms with Gasteiger partial charge in [0.25, 0.3) is 5.91 Å². The maximum atomic E-state index is 12.7. The Kier molecular flexibility index (Phi) is 6.61. The average molecular weight is 409 g/mol. The SMILES string of the molecule is COc1ccc(CCNC(=O)C(C)NC(=O)c2cc3cc(OC)ccc3n2C)cc1. The first-order valence-electron chi connectivity index (χ1n) is 9.78. The molecule has 3 rings (SSSR count). The Morgan fingerprint density at radius 2 is 1.67 bits per heavy atom. The lowest BCUT2D eigenvalue weighted by Gasteiger charge is -2.14. The number of aryl methyl sites for hydroxylation is 1. The van der Waals surface area contributed by atoms with Crippen molar-refractivity contribution in [2.24, 2.45) is 7.05 Å². The van der Waals surface area contributed by atoms with E-state index in [9.17, 15) is 9.59 Å². The zero-order valence-corrected chi connectivity index (χ0v) is 17.7. The summed E-state index contributed by atoms with van der Waals surface area (Å²) in [6, 6.07) is 14.5. The quantitative estimate of drug-likeness (QED) is 0.599. The Morgan fingerprint density at radius 3 is 2.33 bits per heavy atom. The first-order chi connectivity index (χ1) is 14.4. The second kappa shape index (κ2) is 9.35. The van der Waals surface area contributed by atoms with Gasteiger partial charge in [0.05, 0.1) is 14.2 Å². The fraction of sp³-hybridized carbons (Fsp3) is 0.304. The summed E-state index contributed by atoms with van der Waals surface area (Å²) in [5.74, 6) is 0.998. The molecule has 0 aliphatic rings. The van der Waals surface area contributed by atoms with Gasteiger partial charge in [0, 0.05) is 24.5 Å². The molecule has 0 bridgehead atoms. The first-order valence-corrected chi connectivity index (χ1v) is 9.78. The largest absolute Gasteiger partial charge is 0.497 e. The van der Waals surface area contributed by atoms with Crippen LogP contribution in [-0.4, -0.2) is 43.2 Å². The van der Waals surface area contributed by atoms with E-state index >= 15 is 0 Å². The first kappa shape index (κ1) is 21.2. The van der Waals surface area contributed by atoms with Crippen molar-refractivity contribution in [1.29, 1.82) is 0 Å². The van der Waals surface area contributed by atoms with Crippen molar-refractivity contribution in [3.8, 4) is 11.5 Å². The van der Waals surface area contributed by atoms with E-state index in [2.05, 4.69) is 10.6 Å². The van der Waals surface area contributed by atoms with Crippen molar-refractivity contribution in [2.45, 2.75) is 19.4 Å². The molecule has 7 nitrogen and oxygen atoms in total. The van der Waals surface area contributed by atoms with Crippen molar-refractivity contribution in [3.05, 3.63) is 59.8 Å². The molecule has 0 saturated heterocycles. The van der Waals surface area contributed by atoms with Crippen LogP contribution < -0.4 is 20.1 Å². The minimum atomic E-state index is -0.652. The normalized spacial score (nSPS) is 11.7. The molecule has 2 N–H and O–H groups in total. The zero-order chi connectivity index (χ0) is 21.7. The Labute approximate surface area is 176 Å². The van der Waals surface area contributed by atoms with Crippen LogP contribution in [0.3, 0.4) is 0 Å². The van der Waals surface area contributed by atoms with Gasteiger partial charge in [0.2, 0.25) is 5.91 Å². The van der Waals surface area contributed by atoms with Crippen molar-refractivity contribution in [2.75, 3.05) is 20.8 Å². The van der Waals surface area contributed by atoms with Gasteiger partial charge in [0.1, 0.15) is 23.2 Å². The number of hydrogen-bond acceptors (Lipinski definition) is 4. The van der Waals surface area contributed by atoms with Crippen LogP contribution in [0.1, 0.15) is 23.0 Å². The minimum Gasteiger partial charge on any atom is -0.497 e. The molecule has 7 heteroatoms. The maximum Gasteiger partial charge on any atom is 0.268 e. The predicted molar refractivity (Wildman–Crippen MR) is 116 cm³/mol. The lowest BCUT2D eigenvalue weighted by molar-refractivity contribution is -0.122. The Balaban J connectivity index is 1.56. The molecule has 0 radical (unpaired) electrons. The third-order valence-electron chi connectivity index (χ3n) is 5.10. The van der Waals surface area contributed by atoms with Gasteiger partial charge in [-0.1, -0.05) is 12.1 Å². The predicted octanol–water partition coefficient (Wildman–Crippen LogP) is 2.67. The van der Waals surface area contributed by atoms with Gasteiger partial charge in [-0.15, -0.1) is 0 Å². The van der Waals surface area contributed by atoms with Crippen LogP contribution in [0.2, 0.25) is 0 Å². The van der Waals surface area contributed by atoms with Crippen LogP contribution in [0.25, 0.3) is 10.9 Å². The van der Waals surface area contributed by atoms with Crippen LogP contribution in [-0.2, 0) is 18.3 Å². The number of rotatable bonds is 8. The number of amides is 2. The van der Waals surface area contributed by atoms with Gasteiger partial charge in [0.15, 0.2) is 0 Å². The molecule has 158 valence electrons. The molecular formula is C23H27N3O4. The van der Waals surface area contributed by atoms with Crippen LogP contribution in [0.5, 0.6) is 11.5 Å². The number of carbonyl (C=O) groups is 2. The molecule has 1 atom stereocenters. The summed E-state index contributed by atoms with van der Waals surface area (Å²) in [6.45, 7) is 2.16. The monoisotopic (exact) mass is 409 g/mol. The number of benzene rings is 2. The smallest absolute Gasteiger partial charge is 0.268 e. The van der Waals surface area contributed by atoms with Crippen LogP contribution in [0, 0.1) is 0 Å². The number of nitrogens with zero attached hydrogens (tertiary/aromatic N) is 1.